The Balaban J connectivity index is 1.64. The number of hydrogen-bond acceptors (Lipinski definition) is 7. The fraction of sp³-hybridized carbons (Fsp3) is 0.588. The quantitative estimate of drug-likeness (QED) is 0.788. The van der Waals surface area contributed by atoms with Gasteiger partial charge >= 0.3 is 0 Å². The van der Waals surface area contributed by atoms with Gasteiger partial charge in [0.1, 0.15) is 5.82 Å². The molecule has 1 aliphatic carbocycles. The zero-order valence-corrected chi connectivity index (χ0v) is 13.6. The minimum atomic E-state index is -0.166. The average molecular weight is 329 g/mol. The molecule has 4 N–H and O–H groups in total. The third kappa shape index (κ3) is 3.01. The lowest BCUT2D eigenvalue weighted by Gasteiger charge is -2.26. The Morgan fingerprint density at radius 1 is 1.12 bits per heavy atom. The van der Waals surface area contributed by atoms with Gasteiger partial charge in [-0.1, -0.05) is 0 Å². The van der Waals surface area contributed by atoms with Gasteiger partial charge in [-0.15, -0.1) is 0 Å². The molecule has 24 heavy (non-hydrogen) atoms. The van der Waals surface area contributed by atoms with Crippen molar-refractivity contribution in [1.29, 1.82) is 0 Å². The number of rotatable bonds is 3. The number of aromatic nitrogens is 3. The van der Waals surface area contributed by atoms with Crippen LogP contribution in [0.3, 0.4) is 0 Å². The maximum Gasteiger partial charge on any atom is 0.223 e. The summed E-state index contributed by atoms with van der Waals surface area (Å²) >= 11 is 0. The minimum Gasteiger partial charge on any atom is -0.393 e. The zero-order valence-electron chi connectivity index (χ0n) is 13.6. The first-order valence-corrected chi connectivity index (χ1v) is 8.64. The number of fused-ring (bicyclic) bond motifs is 1. The van der Waals surface area contributed by atoms with Crippen molar-refractivity contribution in [3.63, 3.8) is 0 Å². The van der Waals surface area contributed by atoms with E-state index in [-0.39, 0.29) is 6.10 Å². The largest absolute Gasteiger partial charge is 0.393 e. The van der Waals surface area contributed by atoms with Crippen molar-refractivity contribution >= 4 is 22.7 Å². The van der Waals surface area contributed by atoms with Gasteiger partial charge in [0.05, 0.1) is 23.6 Å². The van der Waals surface area contributed by atoms with Gasteiger partial charge in [0.15, 0.2) is 0 Å². The van der Waals surface area contributed by atoms with Gasteiger partial charge in [-0.3, -0.25) is 0 Å². The molecule has 2 aromatic rings. The maximum atomic E-state index is 9.63. The lowest BCUT2D eigenvalue weighted by Crippen LogP contribution is -2.28. The minimum absolute atomic E-state index is 0.166. The molecule has 0 radical (unpaired) electrons. The van der Waals surface area contributed by atoms with Crippen molar-refractivity contribution in [3.8, 4) is 0 Å². The lowest BCUT2D eigenvalue weighted by atomic mass is 9.93. The summed E-state index contributed by atoms with van der Waals surface area (Å²) in [6, 6.07) is 0.309. The SMILES string of the molecule is Nc1ncc(C2CCOC2)c2nc(NC3CCC(O)CC3)ncc12. The molecule has 7 heteroatoms. The second-order valence-corrected chi connectivity index (χ2v) is 6.76. The first kappa shape index (κ1) is 15.5. The molecule has 0 spiro atoms. The molecule has 128 valence electrons. The van der Waals surface area contributed by atoms with Gasteiger partial charge in [-0.25, -0.2) is 15.0 Å². The van der Waals surface area contributed by atoms with Crippen LogP contribution in [-0.4, -0.2) is 45.4 Å². The Morgan fingerprint density at radius 2 is 1.96 bits per heavy atom. The summed E-state index contributed by atoms with van der Waals surface area (Å²) in [5.41, 5.74) is 7.95. The number of aliphatic hydroxyl groups excluding tert-OH is 1. The van der Waals surface area contributed by atoms with E-state index in [0.29, 0.717) is 30.3 Å². The molecule has 2 fully saturated rings. The van der Waals surface area contributed by atoms with Gasteiger partial charge in [0, 0.05) is 36.5 Å². The van der Waals surface area contributed by atoms with Gasteiger partial charge < -0.3 is 20.9 Å². The number of aliphatic hydroxyl groups is 1. The van der Waals surface area contributed by atoms with E-state index in [0.717, 1.165) is 55.2 Å². The summed E-state index contributed by atoms with van der Waals surface area (Å²) in [6.45, 7) is 1.48. The number of nitrogens with zero attached hydrogens (tertiary/aromatic N) is 3. The van der Waals surface area contributed by atoms with Gasteiger partial charge in [0.25, 0.3) is 0 Å². The molecule has 1 unspecified atom stereocenters. The molecule has 1 aliphatic heterocycles. The van der Waals surface area contributed by atoms with Crippen LogP contribution >= 0.6 is 0 Å². The maximum absolute atomic E-state index is 9.63. The number of nitrogens with two attached hydrogens (primary N) is 1. The highest BCUT2D eigenvalue weighted by Crippen LogP contribution is 2.32. The smallest absolute Gasteiger partial charge is 0.223 e. The lowest BCUT2D eigenvalue weighted by molar-refractivity contribution is 0.126. The third-order valence-corrected chi connectivity index (χ3v) is 5.08. The fourth-order valence-electron chi connectivity index (χ4n) is 3.61. The molecule has 1 saturated carbocycles. The zero-order chi connectivity index (χ0) is 16.5. The number of nitrogens with one attached hydrogen (secondary N) is 1. The van der Waals surface area contributed by atoms with Crippen LogP contribution < -0.4 is 11.1 Å². The summed E-state index contributed by atoms with van der Waals surface area (Å²) < 4.78 is 5.51. The van der Waals surface area contributed by atoms with Crippen LogP contribution in [-0.2, 0) is 4.74 Å². The fourth-order valence-corrected chi connectivity index (χ4v) is 3.61. The van der Waals surface area contributed by atoms with Crippen molar-refractivity contribution in [2.45, 2.75) is 50.2 Å². The van der Waals surface area contributed by atoms with Crippen LogP contribution in [0.15, 0.2) is 12.4 Å². The molecule has 0 bridgehead atoms. The van der Waals surface area contributed by atoms with Crippen molar-refractivity contribution in [3.05, 3.63) is 18.0 Å². The Morgan fingerprint density at radius 3 is 2.71 bits per heavy atom. The van der Waals surface area contributed by atoms with E-state index in [4.69, 9.17) is 15.5 Å². The average Bonchev–Trinajstić information content (AvgIpc) is 3.12. The Labute approximate surface area is 140 Å². The number of anilines is 2. The molecule has 1 saturated heterocycles. The van der Waals surface area contributed by atoms with Crippen LogP contribution in [0.25, 0.3) is 10.9 Å². The highest BCUT2D eigenvalue weighted by molar-refractivity contribution is 5.90. The van der Waals surface area contributed by atoms with E-state index >= 15 is 0 Å². The van der Waals surface area contributed by atoms with E-state index in [1.807, 2.05) is 6.20 Å². The highest BCUT2D eigenvalue weighted by atomic mass is 16.5. The summed E-state index contributed by atoms with van der Waals surface area (Å²) in [5.74, 6) is 1.39. The number of hydrogen-bond donors (Lipinski definition) is 3. The second-order valence-electron chi connectivity index (χ2n) is 6.76. The van der Waals surface area contributed by atoms with Crippen molar-refractivity contribution < 1.29 is 9.84 Å². The monoisotopic (exact) mass is 329 g/mol. The number of nitrogen functional groups attached to an aromatic ring is 1. The van der Waals surface area contributed by atoms with Crippen LogP contribution in [0.1, 0.15) is 43.6 Å². The summed E-state index contributed by atoms with van der Waals surface area (Å²) in [4.78, 5) is 13.4. The van der Waals surface area contributed by atoms with Gasteiger partial charge in [-0.05, 0) is 32.1 Å². The van der Waals surface area contributed by atoms with Crippen LogP contribution in [0, 0.1) is 0 Å². The molecular formula is C17H23N5O2. The molecule has 0 aromatic carbocycles. The van der Waals surface area contributed by atoms with E-state index in [1.165, 1.54) is 0 Å². The number of ether oxygens (including phenoxy) is 1. The molecule has 7 nitrogen and oxygen atoms in total. The standard InChI is InChI=1S/C17H23N5O2/c18-16-14-8-20-17(21-11-1-3-12(23)4-2-11)22-15(14)13(7-19-16)10-5-6-24-9-10/h7-8,10-12,23H,1-6,9H2,(H2,18,19)(H,20,21,22). The van der Waals surface area contributed by atoms with Crippen molar-refractivity contribution in [2.75, 3.05) is 24.3 Å². The van der Waals surface area contributed by atoms with Crippen LogP contribution in [0.2, 0.25) is 0 Å². The first-order chi connectivity index (χ1) is 11.7. The first-order valence-electron chi connectivity index (χ1n) is 8.64. The molecule has 1 atom stereocenters. The molecule has 4 rings (SSSR count). The highest BCUT2D eigenvalue weighted by Gasteiger charge is 2.23. The summed E-state index contributed by atoms with van der Waals surface area (Å²) in [7, 11) is 0. The number of pyridine rings is 1. The van der Waals surface area contributed by atoms with Crippen molar-refractivity contribution in [2.24, 2.45) is 0 Å². The van der Waals surface area contributed by atoms with Crippen molar-refractivity contribution in [1.82, 2.24) is 15.0 Å². The molecule has 2 aromatic heterocycles. The van der Waals surface area contributed by atoms with E-state index in [9.17, 15) is 5.11 Å². The molecule has 2 aliphatic rings. The Kier molecular flexibility index (Phi) is 4.20. The van der Waals surface area contributed by atoms with Crippen LogP contribution in [0.5, 0.6) is 0 Å². The van der Waals surface area contributed by atoms with E-state index in [2.05, 4.69) is 15.3 Å². The van der Waals surface area contributed by atoms with E-state index < -0.39 is 0 Å². The Hall–Kier alpha value is -1.99. The topological polar surface area (TPSA) is 106 Å². The third-order valence-electron chi connectivity index (χ3n) is 5.08. The molecule has 0 amide bonds. The molecular weight excluding hydrogens is 306 g/mol. The summed E-state index contributed by atoms with van der Waals surface area (Å²) in [6.07, 6.45) is 7.91. The predicted octanol–water partition coefficient (Wildman–Crippen LogP) is 1.83. The van der Waals surface area contributed by atoms with Gasteiger partial charge in [0.2, 0.25) is 5.95 Å². The van der Waals surface area contributed by atoms with E-state index in [1.54, 1.807) is 6.20 Å². The molecule has 3 heterocycles. The normalized spacial score (nSPS) is 27.5. The Bertz CT molecular complexity index is 724. The summed E-state index contributed by atoms with van der Waals surface area (Å²) in [5, 5.41) is 13.8. The predicted molar refractivity (Wildman–Crippen MR) is 91.8 cm³/mol. The van der Waals surface area contributed by atoms with Crippen LogP contribution in [0.4, 0.5) is 11.8 Å². The van der Waals surface area contributed by atoms with Gasteiger partial charge in [-0.2, -0.15) is 0 Å². The second kappa shape index (κ2) is 6.49.